The Morgan fingerprint density at radius 1 is 1.29 bits per heavy atom. The summed E-state index contributed by atoms with van der Waals surface area (Å²) in [7, 11) is 1.46. The minimum atomic E-state index is -0.205. The number of esters is 1. The first kappa shape index (κ1) is 16.1. The fourth-order valence-electron chi connectivity index (χ4n) is 1.98. The molecule has 114 valence electrons. The molecule has 21 heavy (non-hydrogen) atoms. The van der Waals surface area contributed by atoms with Gasteiger partial charge in [0.15, 0.2) is 0 Å². The number of oxime groups is 1. The summed E-state index contributed by atoms with van der Waals surface area (Å²) < 4.78 is 5.31. The summed E-state index contributed by atoms with van der Waals surface area (Å²) in [6.07, 6.45) is 3.87. The molecule has 6 heteroatoms. The van der Waals surface area contributed by atoms with Crippen molar-refractivity contribution in [1.29, 1.82) is 0 Å². The molecule has 0 radical (unpaired) electrons. The third-order valence-electron chi connectivity index (χ3n) is 3.37. The summed E-state index contributed by atoms with van der Waals surface area (Å²) in [5.41, 5.74) is 1.42. The second-order valence-corrected chi connectivity index (χ2v) is 5.71. The molecule has 0 N–H and O–H groups in total. The van der Waals surface area contributed by atoms with Gasteiger partial charge in [-0.25, -0.2) is 0 Å². The fraction of sp³-hybridized carbons (Fsp3) is 0.467. The number of carbonyl (C=O) groups excluding carboxylic acids is 1. The van der Waals surface area contributed by atoms with Crippen LogP contribution in [-0.4, -0.2) is 24.9 Å². The predicted octanol–water partition coefficient (Wildman–Crippen LogP) is 4.22. The molecule has 0 unspecified atom stereocenters. The van der Waals surface area contributed by atoms with Crippen molar-refractivity contribution in [3.05, 3.63) is 33.8 Å². The molecule has 1 aliphatic rings. The van der Waals surface area contributed by atoms with Crippen molar-refractivity contribution >= 4 is 34.9 Å². The lowest BCUT2D eigenvalue weighted by atomic mass is 9.96. The largest absolute Gasteiger partial charge is 0.462 e. The maximum atomic E-state index is 11.7. The Kier molecular flexibility index (Phi) is 5.88. The highest BCUT2D eigenvalue weighted by atomic mass is 35.5. The molecule has 1 aromatic carbocycles. The van der Waals surface area contributed by atoms with Gasteiger partial charge >= 0.3 is 5.97 Å². The van der Waals surface area contributed by atoms with Crippen LogP contribution < -0.4 is 0 Å². The van der Waals surface area contributed by atoms with Crippen LogP contribution in [0.15, 0.2) is 23.4 Å². The number of benzene rings is 1. The number of carbonyl (C=O) groups is 1. The number of hydrogen-bond donors (Lipinski definition) is 0. The first-order valence-corrected chi connectivity index (χ1v) is 7.60. The van der Waals surface area contributed by atoms with E-state index in [1.165, 1.54) is 7.11 Å². The predicted molar refractivity (Wildman–Crippen MR) is 83.0 cm³/mol. The SMILES string of the molecule is CO/N=C(\CCC(=O)OC1CCC1)c1ccc(Cl)c(Cl)c1. The average molecular weight is 330 g/mol. The van der Waals surface area contributed by atoms with Crippen molar-refractivity contribution in [1.82, 2.24) is 0 Å². The molecule has 0 saturated heterocycles. The molecule has 0 spiro atoms. The van der Waals surface area contributed by atoms with Gasteiger partial charge in [-0.05, 0) is 31.4 Å². The minimum Gasteiger partial charge on any atom is -0.462 e. The van der Waals surface area contributed by atoms with E-state index in [4.69, 9.17) is 32.8 Å². The van der Waals surface area contributed by atoms with Gasteiger partial charge in [0.1, 0.15) is 13.2 Å². The molecule has 0 heterocycles. The van der Waals surface area contributed by atoms with Crippen LogP contribution in [0.3, 0.4) is 0 Å². The van der Waals surface area contributed by atoms with Crippen LogP contribution in [0.2, 0.25) is 10.0 Å². The molecular formula is C15H17Cl2NO3. The van der Waals surface area contributed by atoms with Crippen LogP contribution in [0.25, 0.3) is 0 Å². The summed E-state index contributed by atoms with van der Waals surface area (Å²) in [6, 6.07) is 5.19. The number of hydrogen-bond acceptors (Lipinski definition) is 4. The topological polar surface area (TPSA) is 47.9 Å². The van der Waals surface area contributed by atoms with Crippen molar-refractivity contribution in [3.63, 3.8) is 0 Å². The lowest BCUT2D eigenvalue weighted by molar-refractivity contribution is -0.152. The Morgan fingerprint density at radius 2 is 2.05 bits per heavy atom. The molecular weight excluding hydrogens is 313 g/mol. The van der Waals surface area contributed by atoms with Gasteiger partial charge < -0.3 is 9.57 Å². The van der Waals surface area contributed by atoms with E-state index in [9.17, 15) is 4.79 Å². The summed E-state index contributed by atoms with van der Waals surface area (Å²) in [5.74, 6) is -0.205. The Labute approximate surface area is 134 Å². The minimum absolute atomic E-state index is 0.102. The zero-order valence-corrected chi connectivity index (χ0v) is 13.3. The molecule has 0 aliphatic heterocycles. The number of ether oxygens (including phenoxy) is 1. The fourth-order valence-corrected chi connectivity index (χ4v) is 2.28. The smallest absolute Gasteiger partial charge is 0.306 e. The van der Waals surface area contributed by atoms with E-state index in [0.29, 0.717) is 22.2 Å². The normalized spacial score (nSPS) is 15.5. The molecule has 1 saturated carbocycles. The highest BCUT2D eigenvalue weighted by Crippen LogP contribution is 2.25. The van der Waals surface area contributed by atoms with Gasteiger partial charge in [-0.1, -0.05) is 34.4 Å². The summed E-state index contributed by atoms with van der Waals surface area (Å²) >= 11 is 11.9. The Bertz CT molecular complexity index is 542. The van der Waals surface area contributed by atoms with Crippen LogP contribution >= 0.6 is 23.2 Å². The lowest BCUT2D eigenvalue weighted by Crippen LogP contribution is -2.25. The first-order chi connectivity index (χ1) is 10.1. The highest BCUT2D eigenvalue weighted by molar-refractivity contribution is 6.42. The number of halogens is 2. The third-order valence-corrected chi connectivity index (χ3v) is 4.11. The van der Waals surface area contributed by atoms with Gasteiger partial charge in [-0.3, -0.25) is 4.79 Å². The average Bonchev–Trinajstić information content (AvgIpc) is 2.42. The molecule has 1 aliphatic carbocycles. The highest BCUT2D eigenvalue weighted by Gasteiger charge is 2.21. The van der Waals surface area contributed by atoms with Crippen LogP contribution in [0.4, 0.5) is 0 Å². The lowest BCUT2D eigenvalue weighted by Gasteiger charge is -2.25. The summed E-state index contributed by atoms with van der Waals surface area (Å²) in [6.45, 7) is 0. The van der Waals surface area contributed by atoms with Crippen LogP contribution in [0.1, 0.15) is 37.7 Å². The first-order valence-electron chi connectivity index (χ1n) is 6.85. The maximum Gasteiger partial charge on any atom is 0.306 e. The zero-order valence-electron chi connectivity index (χ0n) is 11.8. The molecule has 4 nitrogen and oxygen atoms in total. The van der Waals surface area contributed by atoms with Gasteiger partial charge in [0.2, 0.25) is 0 Å². The van der Waals surface area contributed by atoms with E-state index in [2.05, 4.69) is 5.16 Å². The molecule has 1 fully saturated rings. The molecule has 0 aromatic heterocycles. The summed E-state index contributed by atoms with van der Waals surface area (Å²) in [4.78, 5) is 16.6. The Balaban J connectivity index is 1.96. The number of nitrogens with zero attached hydrogens (tertiary/aromatic N) is 1. The van der Waals surface area contributed by atoms with Gasteiger partial charge in [0.25, 0.3) is 0 Å². The Hall–Kier alpha value is -1.26. The van der Waals surface area contributed by atoms with Crippen molar-refractivity contribution in [2.45, 2.75) is 38.2 Å². The molecule has 0 atom stereocenters. The second kappa shape index (κ2) is 7.66. The Morgan fingerprint density at radius 3 is 2.62 bits per heavy atom. The van der Waals surface area contributed by atoms with Gasteiger partial charge in [0.05, 0.1) is 22.2 Å². The number of rotatable bonds is 6. The summed E-state index contributed by atoms with van der Waals surface area (Å²) in [5, 5.41) is 4.87. The van der Waals surface area contributed by atoms with E-state index in [-0.39, 0.29) is 18.5 Å². The quantitative estimate of drug-likeness (QED) is 0.446. The van der Waals surface area contributed by atoms with E-state index >= 15 is 0 Å². The zero-order chi connectivity index (χ0) is 15.2. The third kappa shape index (κ3) is 4.61. The maximum absolute atomic E-state index is 11.7. The molecule has 0 bridgehead atoms. The van der Waals surface area contributed by atoms with E-state index in [0.717, 1.165) is 24.8 Å². The van der Waals surface area contributed by atoms with Crippen molar-refractivity contribution in [2.24, 2.45) is 5.16 Å². The molecule has 0 amide bonds. The van der Waals surface area contributed by atoms with Gasteiger partial charge in [-0.15, -0.1) is 0 Å². The van der Waals surface area contributed by atoms with Crippen molar-refractivity contribution < 1.29 is 14.4 Å². The monoisotopic (exact) mass is 329 g/mol. The van der Waals surface area contributed by atoms with Gasteiger partial charge in [0, 0.05) is 12.0 Å². The van der Waals surface area contributed by atoms with Crippen molar-refractivity contribution in [3.8, 4) is 0 Å². The molecule has 2 rings (SSSR count). The molecule has 1 aromatic rings. The van der Waals surface area contributed by atoms with E-state index < -0.39 is 0 Å². The van der Waals surface area contributed by atoms with Crippen LogP contribution in [0.5, 0.6) is 0 Å². The van der Waals surface area contributed by atoms with Crippen LogP contribution in [0, 0.1) is 0 Å². The second-order valence-electron chi connectivity index (χ2n) is 4.89. The van der Waals surface area contributed by atoms with E-state index in [1.54, 1.807) is 18.2 Å². The van der Waals surface area contributed by atoms with Crippen molar-refractivity contribution in [2.75, 3.05) is 7.11 Å². The standard InChI is InChI=1S/C15H17Cl2NO3/c1-20-18-14(10-5-6-12(16)13(17)9-10)7-8-15(19)21-11-3-2-4-11/h5-6,9,11H,2-4,7-8H2,1H3/b18-14+. The van der Waals surface area contributed by atoms with Gasteiger partial charge in [-0.2, -0.15) is 0 Å². The van der Waals surface area contributed by atoms with E-state index in [1.807, 2.05) is 0 Å². The van der Waals surface area contributed by atoms with Crippen LogP contribution in [-0.2, 0) is 14.4 Å².